The summed E-state index contributed by atoms with van der Waals surface area (Å²) in [5.74, 6) is -1.17. The molecule has 1 aromatic rings. The second-order valence-electron chi connectivity index (χ2n) is 7.11. The van der Waals surface area contributed by atoms with Crippen molar-refractivity contribution in [3.8, 4) is 5.75 Å². The van der Waals surface area contributed by atoms with Gasteiger partial charge in [-0.05, 0) is 37.0 Å². The molecule has 0 spiro atoms. The normalized spacial score (nSPS) is 19.7. The van der Waals surface area contributed by atoms with Crippen LogP contribution in [0.1, 0.15) is 63.9 Å². The minimum absolute atomic E-state index is 0.150. The molecule has 2 N–H and O–H groups in total. The number of amides is 1. The fraction of sp³-hybridized carbons (Fsp3) is 0.619. The number of nitrogens with one attached hydrogen (secondary N) is 1. The van der Waals surface area contributed by atoms with Crippen LogP contribution in [0.4, 0.5) is 0 Å². The van der Waals surface area contributed by atoms with E-state index in [0.29, 0.717) is 26.0 Å². The van der Waals surface area contributed by atoms with E-state index < -0.39 is 17.8 Å². The number of hydrogen-bond acceptors (Lipinski definition) is 3. The number of carbonyl (C=O) groups excluding carboxylic acids is 1. The first-order chi connectivity index (χ1) is 12.6. The molecule has 2 rings (SSSR count). The largest absolute Gasteiger partial charge is 0.494 e. The van der Waals surface area contributed by atoms with Crippen molar-refractivity contribution in [3.63, 3.8) is 0 Å². The minimum Gasteiger partial charge on any atom is -0.494 e. The van der Waals surface area contributed by atoms with Gasteiger partial charge in [0.15, 0.2) is 0 Å². The highest BCUT2D eigenvalue weighted by molar-refractivity contribution is 5.84. The third-order valence-electron chi connectivity index (χ3n) is 5.05. The van der Waals surface area contributed by atoms with Gasteiger partial charge in [-0.3, -0.25) is 9.59 Å². The van der Waals surface area contributed by atoms with Crippen molar-refractivity contribution < 1.29 is 19.4 Å². The van der Waals surface area contributed by atoms with Crippen LogP contribution in [0.5, 0.6) is 5.75 Å². The molecule has 1 saturated carbocycles. The molecule has 26 heavy (non-hydrogen) atoms. The molecule has 0 heterocycles. The van der Waals surface area contributed by atoms with Crippen LogP contribution in [-0.2, 0) is 16.1 Å². The van der Waals surface area contributed by atoms with E-state index in [2.05, 4.69) is 12.2 Å². The molecule has 1 fully saturated rings. The number of carboxylic acid groups (broad SMARTS) is 1. The average Bonchev–Trinajstić information content (AvgIpc) is 2.66. The van der Waals surface area contributed by atoms with Crippen molar-refractivity contribution in [2.45, 2.75) is 64.8 Å². The molecule has 1 aliphatic carbocycles. The Hall–Kier alpha value is -2.04. The van der Waals surface area contributed by atoms with Crippen LogP contribution in [0.15, 0.2) is 24.3 Å². The van der Waals surface area contributed by atoms with Crippen molar-refractivity contribution in [1.82, 2.24) is 5.32 Å². The lowest BCUT2D eigenvalue weighted by molar-refractivity contribution is -0.148. The molecule has 1 amide bonds. The maximum absolute atomic E-state index is 12.4. The maximum atomic E-state index is 12.4. The van der Waals surface area contributed by atoms with Crippen LogP contribution in [-0.4, -0.2) is 23.6 Å². The number of rotatable bonds is 10. The summed E-state index contributed by atoms with van der Waals surface area (Å²) in [6.07, 6.45) is 7.72. The van der Waals surface area contributed by atoms with Crippen molar-refractivity contribution in [2.24, 2.45) is 11.8 Å². The Kier molecular flexibility index (Phi) is 8.45. The van der Waals surface area contributed by atoms with Crippen molar-refractivity contribution in [2.75, 3.05) is 6.61 Å². The molecule has 0 radical (unpaired) electrons. The fourth-order valence-corrected chi connectivity index (χ4v) is 3.52. The SMILES string of the molecule is CCCCCCOc1cccc(CNC(=O)C2CCCCC2C(=O)O)c1. The molecule has 2 unspecified atom stereocenters. The topological polar surface area (TPSA) is 75.6 Å². The highest BCUT2D eigenvalue weighted by atomic mass is 16.5. The summed E-state index contributed by atoms with van der Waals surface area (Å²) in [6, 6.07) is 7.73. The van der Waals surface area contributed by atoms with E-state index in [9.17, 15) is 14.7 Å². The summed E-state index contributed by atoms with van der Waals surface area (Å²) >= 11 is 0. The summed E-state index contributed by atoms with van der Waals surface area (Å²) in [5, 5.41) is 12.2. The zero-order valence-corrected chi connectivity index (χ0v) is 15.7. The molecular formula is C21H31NO4. The lowest BCUT2D eigenvalue weighted by Crippen LogP contribution is -2.39. The van der Waals surface area contributed by atoms with Gasteiger partial charge in [0.25, 0.3) is 0 Å². The summed E-state index contributed by atoms with van der Waals surface area (Å²) in [7, 11) is 0. The van der Waals surface area contributed by atoms with Gasteiger partial charge in [-0.1, -0.05) is 51.2 Å². The number of aliphatic carboxylic acids is 1. The zero-order chi connectivity index (χ0) is 18.8. The summed E-state index contributed by atoms with van der Waals surface area (Å²) in [5.41, 5.74) is 0.965. The number of carboxylic acids is 1. The Labute approximate surface area is 156 Å². The van der Waals surface area contributed by atoms with E-state index in [1.54, 1.807) is 0 Å². The van der Waals surface area contributed by atoms with Gasteiger partial charge in [0.05, 0.1) is 18.4 Å². The minimum atomic E-state index is -0.858. The first kappa shape index (κ1) is 20.3. The van der Waals surface area contributed by atoms with Gasteiger partial charge >= 0.3 is 5.97 Å². The van der Waals surface area contributed by atoms with Gasteiger partial charge in [0, 0.05) is 6.54 Å². The Morgan fingerprint density at radius 1 is 1.15 bits per heavy atom. The third kappa shape index (κ3) is 6.36. The Morgan fingerprint density at radius 2 is 1.92 bits per heavy atom. The van der Waals surface area contributed by atoms with Crippen LogP contribution in [0, 0.1) is 11.8 Å². The third-order valence-corrected chi connectivity index (χ3v) is 5.05. The highest BCUT2D eigenvalue weighted by Crippen LogP contribution is 2.30. The van der Waals surface area contributed by atoms with Crippen molar-refractivity contribution in [3.05, 3.63) is 29.8 Å². The zero-order valence-electron chi connectivity index (χ0n) is 15.7. The van der Waals surface area contributed by atoms with Crippen molar-refractivity contribution >= 4 is 11.9 Å². The predicted molar refractivity (Wildman–Crippen MR) is 101 cm³/mol. The van der Waals surface area contributed by atoms with E-state index >= 15 is 0 Å². The van der Waals surface area contributed by atoms with Crippen LogP contribution < -0.4 is 10.1 Å². The number of hydrogen-bond donors (Lipinski definition) is 2. The summed E-state index contributed by atoms with van der Waals surface area (Å²) in [4.78, 5) is 23.8. The molecular weight excluding hydrogens is 330 g/mol. The van der Waals surface area contributed by atoms with Gasteiger partial charge < -0.3 is 15.2 Å². The smallest absolute Gasteiger partial charge is 0.307 e. The molecule has 0 bridgehead atoms. The lowest BCUT2D eigenvalue weighted by atomic mass is 9.78. The van der Waals surface area contributed by atoms with E-state index in [-0.39, 0.29) is 5.91 Å². The van der Waals surface area contributed by atoms with E-state index in [1.165, 1.54) is 19.3 Å². The maximum Gasteiger partial charge on any atom is 0.307 e. The summed E-state index contributed by atoms with van der Waals surface area (Å²) < 4.78 is 5.77. The van der Waals surface area contributed by atoms with Crippen LogP contribution >= 0.6 is 0 Å². The molecule has 1 aromatic carbocycles. The van der Waals surface area contributed by atoms with Crippen LogP contribution in [0.25, 0.3) is 0 Å². The fourth-order valence-electron chi connectivity index (χ4n) is 3.52. The highest BCUT2D eigenvalue weighted by Gasteiger charge is 2.35. The first-order valence-corrected chi connectivity index (χ1v) is 9.84. The van der Waals surface area contributed by atoms with Gasteiger partial charge in [-0.2, -0.15) is 0 Å². The number of benzene rings is 1. The molecule has 144 valence electrons. The Bertz CT molecular complexity index is 587. The van der Waals surface area contributed by atoms with Gasteiger partial charge in [0.2, 0.25) is 5.91 Å². The molecule has 2 atom stereocenters. The Morgan fingerprint density at radius 3 is 2.65 bits per heavy atom. The monoisotopic (exact) mass is 361 g/mol. The number of ether oxygens (including phenoxy) is 1. The molecule has 0 aromatic heterocycles. The average molecular weight is 361 g/mol. The van der Waals surface area contributed by atoms with Gasteiger partial charge in [0.1, 0.15) is 5.75 Å². The molecule has 5 nitrogen and oxygen atoms in total. The Balaban J connectivity index is 1.81. The lowest BCUT2D eigenvalue weighted by Gasteiger charge is -2.27. The molecule has 0 aliphatic heterocycles. The standard InChI is InChI=1S/C21H31NO4/c1-2-3-4-7-13-26-17-10-8-9-16(14-17)15-22-20(23)18-11-5-6-12-19(18)21(24)25/h8-10,14,18-19H,2-7,11-13,15H2,1H3,(H,22,23)(H,24,25). The van der Waals surface area contributed by atoms with Gasteiger partial charge in [-0.15, -0.1) is 0 Å². The van der Waals surface area contributed by atoms with E-state index in [1.807, 2.05) is 24.3 Å². The molecule has 1 aliphatic rings. The second kappa shape index (κ2) is 10.8. The first-order valence-electron chi connectivity index (χ1n) is 9.84. The van der Waals surface area contributed by atoms with E-state index in [0.717, 1.165) is 30.6 Å². The van der Waals surface area contributed by atoms with Gasteiger partial charge in [-0.25, -0.2) is 0 Å². The molecule has 5 heteroatoms. The van der Waals surface area contributed by atoms with E-state index in [4.69, 9.17) is 4.74 Å². The quantitative estimate of drug-likeness (QED) is 0.614. The number of carbonyl (C=O) groups is 2. The van der Waals surface area contributed by atoms with Crippen LogP contribution in [0.3, 0.4) is 0 Å². The molecule has 0 saturated heterocycles. The predicted octanol–water partition coefficient (Wildman–Crippen LogP) is 4.15. The van der Waals surface area contributed by atoms with Crippen LogP contribution in [0.2, 0.25) is 0 Å². The second-order valence-corrected chi connectivity index (χ2v) is 7.11. The number of unbranched alkanes of at least 4 members (excludes halogenated alkanes) is 3. The summed E-state index contributed by atoms with van der Waals surface area (Å²) in [6.45, 7) is 3.29. The van der Waals surface area contributed by atoms with Crippen molar-refractivity contribution in [1.29, 1.82) is 0 Å².